The number of rotatable bonds is 6. The standard InChI is InChI=1S/C34H26S2.2C29H26S/c1-34(2,3)31-23(27-17-9-15-25-21-11-4-6-19-29(21)35-32(25)27)13-8-14-24(31)28-18-10-16-26-22-12-5-7-20-30(22)36-33(26)28;1-19-10-7-11-20(18-19)21-13-8-15-23(28(21)29(2,3)4)22-14-9-17-26-27(22)24-12-5-6-16-25(24)30-26;1-19-10-7-11-20(18-19)21-13-8-14-23(27(21)29(2,3)4)25-16-9-15-24-22-12-5-6-17-26(22)30-28(24)25/h4-20H,1-3H3;2*5-18H,1-4H3/i;2*7D,10D,11D,18D. The molecule has 17 rings (SSSR count). The van der Waals surface area contributed by atoms with E-state index in [4.69, 9.17) is 11.0 Å². The summed E-state index contributed by atoms with van der Waals surface area (Å²) < 4.78 is 78.3. The Morgan fingerprint density at radius 2 is 0.521 bits per heavy atom. The molecule has 0 atom stereocenters. The van der Waals surface area contributed by atoms with Crippen LogP contribution in [0.3, 0.4) is 0 Å². The third-order valence-corrected chi connectivity index (χ3v) is 23.1. The summed E-state index contributed by atoms with van der Waals surface area (Å²) in [5.41, 5.74) is 16.1. The van der Waals surface area contributed by atoms with Crippen LogP contribution in [0.4, 0.5) is 0 Å². The lowest BCUT2D eigenvalue weighted by atomic mass is 9.76. The Labute approximate surface area is 592 Å². The molecule has 0 saturated heterocycles. The highest BCUT2D eigenvalue weighted by molar-refractivity contribution is 7.27. The van der Waals surface area contributed by atoms with Crippen LogP contribution >= 0.6 is 45.3 Å². The highest BCUT2D eigenvalue weighted by Gasteiger charge is 2.29. The maximum absolute atomic E-state index is 8.78. The summed E-state index contributed by atoms with van der Waals surface area (Å²) in [5.74, 6) is 0. The zero-order chi connectivity index (χ0) is 73.2. The first kappa shape index (κ1) is 53.9. The van der Waals surface area contributed by atoms with Crippen molar-refractivity contribution in [1.29, 1.82) is 0 Å². The van der Waals surface area contributed by atoms with Gasteiger partial charge >= 0.3 is 0 Å². The van der Waals surface area contributed by atoms with Gasteiger partial charge in [-0.1, -0.05) is 316 Å². The molecule has 0 spiro atoms. The van der Waals surface area contributed by atoms with Gasteiger partial charge in [0.15, 0.2) is 0 Å². The van der Waals surface area contributed by atoms with Gasteiger partial charge in [0, 0.05) is 80.7 Å². The molecule has 0 radical (unpaired) electrons. The summed E-state index contributed by atoms with van der Waals surface area (Å²) >= 11 is 7.40. The van der Waals surface area contributed by atoms with Crippen LogP contribution in [0.2, 0.25) is 0 Å². The van der Waals surface area contributed by atoms with Crippen molar-refractivity contribution in [3.63, 3.8) is 0 Å². The Balaban J connectivity index is 0.000000126. The van der Waals surface area contributed by atoms with E-state index in [-0.39, 0.29) is 64.6 Å². The fourth-order valence-corrected chi connectivity index (χ4v) is 19.2. The molecule has 0 aliphatic heterocycles. The Bertz CT molecular complexity index is 6120. The molecule has 4 heterocycles. The molecular weight excluding hydrogens is 1230 g/mol. The van der Waals surface area contributed by atoms with Crippen molar-refractivity contribution in [2.75, 3.05) is 0 Å². The molecular formula is C92H78S4. The second-order valence-corrected chi connectivity index (χ2v) is 32.3. The fraction of sp³-hybridized carbons (Fsp3) is 0.152. The van der Waals surface area contributed by atoms with Gasteiger partial charge in [0.25, 0.3) is 0 Å². The zero-order valence-electron chi connectivity index (χ0n) is 64.0. The highest BCUT2D eigenvalue weighted by Crippen LogP contribution is 2.51. The van der Waals surface area contributed by atoms with E-state index in [2.05, 4.69) is 263 Å². The van der Waals surface area contributed by atoms with E-state index in [9.17, 15) is 0 Å². The third-order valence-electron chi connectivity index (χ3n) is 18.3. The molecule has 0 nitrogen and oxygen atoms in total. The van der Waals surface area contributed by atoms with Crippen LogP contribution in [-0.4, -0.2) is 0 Å². The van der Waals surface area contributed by atoms with E-state index in [1.165, 1.54) is 109 Å². The summed E-state index contributed by atoms with van der Waals surface area (Å²) in [6.45, 7) is 23.4. The SMILES string of the molecule is CC(C)(C)c1c(-c2cccc3c2sc2ccccc23)cccc1-c1cccc2c1sc1ccccc12.[2H]c1c([2H])c(C)c([2H])c(-c2cccc(-c3cccc4c3sc3ccccc34)c2C(C)(C)C)c1[2H].[2H]c1c([2H])c(C)c([2H])c(-c2cccc(-c3cccc4sc5ccccc5c34)c2C(C)(C)C)c1[2H]. The van der Waals surface area contributed by atoms with Crippen molar-refractivity contribution < 1.29 is 11.0 Å². The monoisotopic (exact) mass is 1320 g/mol. The smallest absolute Gasteiger partial charge is 0.0632 e. The predicted molar refractivity (Wildman–Crippen MR) is 429 cm³/mol. The van der Waals surface area contributed by atoms with Gasteiger partial charge in [-0.05, 0) is 144 Å². The second kappa shape index (κ2) is 25.1. The van der Waals surface area contributed by atoms with E-state index in [0.29, 0.717) is 22.3 Å². The highest BCUT2D eigenvalue weighted by atomic mass is 32.1. The van der Waals surface area contributed by atoms with Crippen LogP contribution in [-0.2, 0) is 16.2 Å². The molecule has 0 saturated carbocycles. The average molecular weight is 1320 g/mol. The van der Waals surface area contributed by atoms with Gasteiger partial charge < -0.3 is 0 Å². The predicted octanol–water partition coefficient (Wildman–Crippen LogP) is 29.0. The van der Waals surface area contributed by atoms with Crippen molar-refractivity contribution in [3.05, 3.63) is 301 Å². The molecule has 0 N–H and O–H groups in total. The lowest BCUT2D eigenvalue weighted by Crippen LogP contribution is -2.14. The summed E-state index contributed by atoms with van der Waals surface area (Å²) in [7, 11) is 0. The molecule has 4 aromatic heterocycles. The summed E-state index contributed by atoms with van der Waals surface area (Å²) in [6.07, 6.45) is 0. The Kier molecular flexibility index (Phi) is 14.1. The van der Waals surface area contributed by atoms with Crippen molar-refractivity contribution in [3.8, 4) is 66.8 Å². The van der Waals surface area contributed by atoms with Gasteiger partial charge in [0.05, 0.1) is 11.0 Å². The quantitative estimate of drug-likeness (QED) is 0.156. The second-order valence-electron chi connectivity index (χ2n) is 28.1. The molecule has 17 aromatic rings. The molecule has 0 bridgehead atoms. The Morgan fingerprint density at radius 3 is 0.906 bits per heavy atom. The minimum absolute atomic E-state index is 0.0242. The minimum atomic E-state index is -0.283. The van der Waals surface area contributed by atoms with Gasteiger partial charge in [-0.15, -0.1) is 45.3 Å². The lowest BCUT2D eigenvalue weighted by Gasteiger charge is -2.27. The summed E-state index contributed by atoms with van der Waals surface area (Å²) in [4.78, 5) is 0. The Morgan fingerprint density at radius 1 is 0.250 bits per heavy atom. The number of thiophene rings is 4. The van der Waals surface area contributed by atoms with Crippen LogP contribution in [0, 0.1) is 13.8 Å². The van der Waals surface area contributed by atoms with E-state index in [1.54, 1.807) is 36.5 Å². The van der Waals surface area contributed by atoms with Gasteiger partial charge in [0.2, 0.25) is 0 Å². The van der Waals surface area contributed by atoms with Gasteiger partial charge in [-0.25, -0.2) is 0 Å². The summed E-state index contributed by atoms with van der Waals surface area (Å²) in [6, 6.07) is 79.9. The van der Waals surface area contributed by atoms with E-state index >= 15 is 0 Å². The van der Waals surface area contributed by atoms with Crippen LogP contribution in [0.25, 0.3) is 147 Å². The number of fused-ring (bicyclic) bond motifs is 12. The molecule has 96 heavy (non-hydrogen) atoms. The van der Waals surface area contributed by atoms with Gasteiger partial charge in [-0.2, -0.15) is 0 Å². The molecule has 0 aliphatic rings. The van der Waals surface area contributed by atoms with Crippen LogP contribution in [0.15, 0.2) is 273 Å². The minimum Gasteiger partial charge on any atom is -0.135 e. The molecule has 0 aliphatic carbocycles. The number of hydrogen-bond donors (Lipinski definition) is 0. The molecule has 13 aromatic carbocycles. The largest absolute Gasteiger partial charge is 0.135 e. The van der Waals surface area contributed by atoms with Crippen molar-refractivity contribution in [2.24, 2.45) is 0 Å². The van der Waals surface area contributed by atoms with E-state index < -0.39 is 0 Å². The zero-order valence-corrected chi connectivity index (χ0v) is 59.3. The molecule has 470 valence electrons. The van der Waals surface area contributed by atoms with Gasteiger partial charge in [0.1, 0.15) is 0 Å². The first-order valence-corrected chi connectivity index (χ1v) is 36.2. The van der Waals surface area contributed by atoms with Crippen molar-refractivity contribution >= 4 is 126 Å². The van der Waals surface area contributed by atoms with E-state index in [0.717, 1.165) is 44.5 Å². The summed E-state index contributed by atoms with van der Waals surface area (Å²) in [5, 5.41) is 10.3. The van der Waals surface area contributed by atoms with Crippen LogP contribution in [0.1, 0.15) is 101 Å². The normalized spacial score (nSPS) is 13.3. The topological polar surface area (TPSA) is 0 Å². The average Bonchev–Trinajstić information content (AvgIpc) is 1.29. The van der Waals surface area contributed by atoms with Crippen molar-refractivity contribution in [1.82, 2.24) is 0 Å². The number of benzene rings is 13. The maximum atomic E-state index is 8.78. The molecule has 0 fully saturated rings. The van der Waals surface area contributed by atoms with Crippen molar-refractivity contribution in [2.45, 2.75) is 92.4 Å². The first-order chi connectivity index (χ1) is 49.7. The first-order valence-electron chi connectivity index (χ1n) is 36.9. The third kappa shape index (κ3) is 11.6. The van der Waals surface area contributed by atoms with E-state index in [1.807, 2.05) is 46.9 Å². The molecule has 0 amide bonds. The van der Waals surface area contributed by atoms with Gasteiger partial charge in [-0.3, -0.25) is 0 Å². The lowest BCUT2D eigenvalue weighted by molar-refractivity contribution is 0.593. The van der Waals surface area contributed by atoms with Crippen LogP contribution < -0.4 is 0 Å². The number of hydrogen-bond acceptors (Lipinski definition) is 4. The fourth-order valence-electron chi connectivity index (χ4n) is 14.4. The Hall–Kier alpha value is -9.26. The molecule has 4 heteroatoms. The molecule has 0 unspecified atom stereocenters. The van der Waals surface area contributed by atoms with Crippen LogP contribution in [0.5, 0.6) is 0 Å². The maximum Gasteiger partial charge on any atom is 0.0632 e.